The van der Waals surface area contributed by atoms with Gasteiger partial charge in [-0.25, -0.2) is 4.39 Å². The van der Waals surface area contributed by atoms with E-state index in [1.165, 1.54) is 12.1 Å². The van der Waals surface area contributed by atoms with Crippen LogP contribution in [-0.4, -0.2) is 44.7 Å². The van der Waals surface area contributed by atoms with Crippen LogP contribution in [0.2, 0.25) is 0 Å². The highest BCUT2D eigenvalue weighted by atomic mass is 79.9. The van der Waals surface area contributed by atoms with Gasteiger partial charge in [0.1, 0.15) is 5.82 Å². The second kappa shape index (κ2) is 8.42. The minimum Gasteiger partial charge on any atom is -0.389 e. The van der Waals surface area contributed by atoms with E-state index in [-0.39, 0.29) is 12.4 Å². The van der Waals surface area contributed by atoms with Crippen LogP contribution in [0.25, 0.3) is 0 Å². The van der Waals surface area contributed by atoms with E-state index in [0.717, 1.165) is 5.69 Å². The molecule has 0 aromatic heterocycles. The van der Waals surface area contributed by atoms with E-state index in [9.17, 15) is 9.50 Å². The summed E-state index contributed by atoms with van der Waals surface area (Å²) in [5.74, 6) is -0.309. The molecule has 0 radical (unpaired) electrons. The van der Waals surface area contributed by atoms with E-state index in [0.29, 0.717) is 24.2 Å². The lowest BCUT2D eigenvalue weighted by atomic mass is 10.3. The molecule has 6 heteroatoms. The number of rotatable bonds is 8. The van der Waals surface area contributed by atoms with Crippen molar-refractivity contribution >= 4 is 21.6 Å². The zero-order valence-electron chi connectivity index (χ0n) is 10.2. The van der Waals surface area contributed by atoms with E-state index < -0.39 is 6.10 Å². The predicted octanol–water partition coefficient (Wildman–Crippen LogP) is 2.02. The summed E-state index contributed by atoms with van der Waals surface area (Å²) < 4.78 is 23.5. The van der Waals surface area contributed by atoms with Crippen molar-refractivity contribution in [1.82, 2.24) is 0 Å². The van der Waals surface area contributed by atoms with Crippen molar-refractivity contribution in [2.24, 2.45) is 0 Å². The maximum Gasteiger partial charge on any atom is 0.124 e. The molecule has 0 saturated carbocycles. The molecule has 0 aliphatic heterocycles. The molecule has 0 saturated heterocycles. The van der Waals surface area contributed by atoms with E-state index in [1.807, 2.05) is 0 Å². The Hall–Kier alpha value is -0.690. The van der Waals surface area contributed by atoms with E-state index in [1.54, 1.807) is 13.2 Å². The summed E-state index contributed by atoms with van der Waals surface area (Å²) in [6.07, 6.45) is -0.626. The van der Waals surface area contributed by atoms with Crippen molar-refractivity contribution in [2.45, 2.75) is 6.10 Å². The molecule has 4 nitrogen and oxygen atoms in total. The van der Waals surface area contributed by atoms with Gasteiger partial charge in [0.15, 0.2) is 0 Å². The number of nitrogens with one attached hydrogen (secondary N) is 1. The first kappa shape index (κ1) is 15.4. The number of benzene rings is 1. The molecule has 18 heavy (non-hydrogen) atoms. The molecule has 1 unspecified atom stereocenters. The fraction of sp³-hybridized carbons (Fsp3) is 0.500. The third-order valence-electron chi connectivity index (χ3n) is 2.20. The first-order valence-corrected chi connectivity index (χ1v) is 6.36. The van der Waals surface area contributed by atoms with Gasteiger partial charge in [0.05, 0.1) is 25.9 Å². The molecular weight excluding hydrogens is 305 g/mol. The number of anilines is 1. The van der Waals surface area contributed by atoms with Crippen LogP contribution in [0.15, 0.2) is 22.7 Å². The quantitative estimate of drug-likeness (QED) is 0.719. The Labute approximate surface area is 114 Å². The van der Waals surface area contributed by atoms with Crippen LogP contribution >= 0.6 is 15.9 Å². The van der Waals surface area contributed by atoms with Gasteiger partial charge in [0, 0.05) is 23.8 Å². The third-order valence-corrected chi connectivity index (χ3v) is 2.86. The highest BCUT2D eigenvalue weighted by Gasteiger charge is 2.06. The van der Waals surface area contributed by atoms with Crippen molar-refractivity contribution < 1.29 is 19.0 Å². The average Bonchev–Trinajstić information content (AvgIpc) is 2.33. The van der Waals surface area contributed by atoms with Crippen LogP contribution in [0.3, 0.4) is 0 Å². The van der Waals surface area contributed by atoms with Gasteiger partial charge in [0.2, 0.25) is 0 Å². The van der Waals surface area contributed by atoms with Gasteiger partial charge >= 0.3 is 0 Å². The zero-order chi connectivity index (χ0) is 13.4. The van der Waals surface area contributed by atoms with Crippen molar-refractivity contribution in [3.8, 4) is 0 Å². The Morgan fingerprint density at radius 1 is 1.44 bits per heavy atom. The fourth-order valence-electron chi connectivity index (χ4n) is 1.28. The second-order valence-corrected chi connectivity index (χ2v) is 4.58. The minimum atomic E-state index is -0.626. The molecule has 1 aromatic rings. The van der Waals surface area contributed by atoms with Crippen molar-refractivity contribution in [3.05, 3.63) is 28.5 Å². The lowest BCUT2D eigenvalue weighted by Crippen LogP contribution is -2.25. The van der Waals surface area contributed by atoms with Gasteiger partial charge in [0.25, 0.3) is 0 Å². The van der Waals surface area contributed by atoms with Gasteiger partial charge in [-0.05, 0) is 34.1 Å². The normalized spacial score (nSPS) is 12.4. The zero-order valence-corrected chi connectivity index (χ0v) is 11.7. The van der Waals surface area contributed by atoms with Crippen LogP contribution in [-0.2, 0) is 9.47 Å². The molecular formula is C12H17BrFNO3. The third kappa shape index (κ3) is 5.77. The van der Waals surface area contributed by atoms with Crippen LogP contribution in [0.5, 0.6) is 0 Å². The largest absolute Gasteiger partial charge is 0.389 e. The summed E-state index contributed by atoms with van der Waals surface area (Å²) in [4.78, 5) is 0. The van der Waals surface area contributed by atoms with Gasteiger partial charge < -0.3 is 19.9 Å². The lowest BCUT2D eigenvalue weighted by Gasteiger charge is -2.14. The molecule has 1 rings (SSSR count). The molecule has 102 valence electrons. The summed E-state index contributed by atoms with van der Waals surface area (Å²) in [6, 6.07) is 4.33. The van der Waals surface area contributed by atoms with Gasteiger partial charge in [-0.15, -0.1) is 0 Å². The summed E-state index contributed by atoms with van der Waals surface area (Å²) in [5.41, 5.74) is 0.729. The summed E-state index contributed by atoms with van der Waals surface area (Å²) in [6.45, 7) is 1.52. The van der Waals surface area contributed by atoms with E-state index >= 15 is 0 Å². The number of hydrogen-bond donors (Lipinski definition) is 2. The van der Waals surface area contributed by atoms with Gasteiger partial charge in [-0.3, -0.25) is 0 Å². The first-order valence-electron chi connectivity index (χ1n) is 5.57. The number of methoxy groups -OCH3 is 1. The maximum absolute atomic E-state index is 12.8. The number of halogens is 2. The van der Waals surface area contributed by atoms with Crippen molar-refractivity contribution in [3.63, 3.8) is 0 Å². The van der Waals surface area contributed by atoms with E-state index in [2.05, 4.69) is 21.2 Å². The molecule has 1 atom stereocenters. The molecule has 0 heterocycles. The summed E-state index contributed by atoms with van der Waals surface area (Å²) in [5, 5.41) is 12.6. The average molecular weight is 322 g/mol. The number of aliphatic hydroxyl groups is 1. The monoisotopic (exact) mass is 321 g/mol. The minimum absolute atomic E-state index is 0.231. The SMILES string of the molecule is COCCOCC(O)CNc1ccc(F)cc1Br. The smallest absolute Gasteiger partial charge is 0.124 e. The molecule has 2 N–H and O–H groups in total. The Morgan fingerprint density at radius 2 is 2.22 bits per heavy atom. The maximum atomic E-state index is 12.8. The molecule has 0 bridgehead atoms. The standard InChI is InChI=1S/C12H17BrFNO3/c1-17-4-5-18-8-10(16)7-15-12-3-2-9(14)6-11(12)13/h2-3,6,10,15-16H,4-5,7-8H2,1H3. The predicted molar refractivity (Wildman–Crippen MR) is 71.3 cm³/mol. The van der Waals surface area contributed by atoms with E-state index in [4.69, 9.17) is 9.47 Å². The molecule has 0 spiro atoms. The highest BCUT2D eigenvalue weighted by Crippen LogP contribution is 2.22. The van der Waals surface area contributed by atoms with Crippen molar-refractivity contribution in [2.75, 3.05) is 38.8 Å². The number of ether oxygens (including phenoxy) is 2. The Kier molecular flexibility index (Phi) is 7.19. The lowest BCUT2D eigenvalue weighted by molar-refractivity contribution is 0.0182. The Bertz CT molecular complexity index is 365. The van der Waals surface area contributed by atoms with Crippen molar-refractivity contribution in [1.29, 1.82) is 0 Å². The Morgan fingerprint density at radius 3 is 2.89 bits per heavy atom. The number of aliphatic hydroxyl groups excluding tert-OH is 1. The fourth-order valence-corrected chi connectivity index (χ4v) is 1.77. The first-order chi connectivity index (χ1) is 8.63. The molecule has 0 aliphatic carbocycles. The van der Waals surface area contributed by atoms with Gasteiger partial charge in [-0.2, -0.15) is 0 Å². The highest BCUT2D eigenvalue weighted by molar-refractivity contribution is 9.10. The van der Waals surface area contributed by atoms with Crippen LogP contribution in [0, 0.1) is 5.82 Å². The summed E-state index contributed by atoms with van der Waals surface area (Å²) >= 11 is 3.24. The topological polar surface area (TPSA) is 50.7 Å². The molecule has 0 amide bonds. The van der Waals surface area contributed by atoms with Crippen LogP contribution < -0.4 is 5.32 Å². The molecule has 1 aromatic carbocycles. The molecule has 0 fully saturated rings. The van der Waals surface area contributed by atoms with Crippen LogP contribution in [0.4, 0.5) is 10.1 Å². The Balaban J connectivity index is 2.27. The molecule has 0 aliphatic rings. The van der Waals surface area contributed by atoms with Crippen LogP contribution in [0.1, 0.15) is 0 Å². The van der Waals surface area contributed by atoms with Gasteiger partial charge in [-0.1, -0.05) is 0 Å². The second-order valence-electron chi connectivity index (χ2n) is 3.73. The number of hydrogen-bond acceptors (Lipinski definition) is 4. The summed E-state index contributed by atoms with van der Waals surface area (Å²) in [7, 11) is 1.59.